The summed E-state index contributed by atoms with van der Waals surface area (Å²) < 4.78 is 20.3. The fourth-order valence-corrected chi connectivity index (χ4v) is 4.77. The number of imidazole rings is 1. The molecule has 0 N–H and O–H groups in total. The first-order chi connectivity index (χ1) is 14.9. The summed E-state index contributed by atoms with van der Waals surface area (Å²) in [6.07, 6.45) is 1.48. The third-order valence-electron chi connectivity index (χ3n) is 6.35. The van der Waals surface area contributed by atoms with E-state index < -0.39 is 5.60 Å². The first kappa shape index (κ1) is 19.9. The third-order valence-corrected chi connectivity index (χ3v) is 6.35. The molecule has 0 bridgehead atoms. The van der Waals surface area contributed by atoms with Crippen LogP contribution in [-0.2, 0) is 23.3 Å². The van der Waals surface area contributed by atoms with Crippen LogP contribution in [0.1, 0.15) is 33.7 Å². The van der Waals surface area contributed by atoms with Gasteiger partial charge in [0.2, 0.25) is 0 Å². The van der Waals surface area contributed by atoms with Crippen molar-refractivity contribution in [1.29, 1.82) is 0 Å². The number of methoxy groups -OCH3 is 1. The maximum atomic E-state index is 13.0. The van der Waals surface area contributed by atoms with Gasteiger partial charge >= 0.3 is 0 Å². The average Bonchev–Trinajstić information content (AvgIpc) is 3.28. The quantitative estimate of drug-likeness (QED) is 0.647. The zero-order valence-corrected chi connectivity index (χ0v) is 18.4. The summed E-state index contributed by atoms with van der Waals surface area (Å²) in [6, 6.07) is 9.96. The summed E-state index contributed by atoms with van der Waals surface area (Å²) in [4.78, 5) is 19.4. The van der Waals surface area contributed by atoms with E-state index in [9.17, 15) is 4.79 Å². The summed E-state index contributed by atoms with van der Waals surface area (Å²) in [5.74, 6) is 2.44. The number of hydrogen-bond acceptors (Lipinski definition) is 5. The van der Waals surface area contributed by atoms with E-state index in [1.54, 1.807) is 26.1 Å². The molecule has 31 heavy (non-hydrogen) atoms. The fraction of sp³-hybridized carbons (Fsp3) is 0.417. The van der Waals surface area contributed by atoms with Crippen molar-refractivity contribution in [2.75, 3.05) is 34.4 Å². The van der Waals surface area contributed by atoms with Crippen LogP contribution in [0.15, 0.2) is 30.3 Å². The van der Waals surface area contributed by atoms with Gasteiger partial charge in [-0.25, -0.2) is 4.98 Å². The minimum atomic E-state index is -0.555. The molecule has 3 heterocycles. The van der Waals surface area contributed by atoms with Crippen LogP contribution in [0.5, 0.6) is 11.5 Å². The van der Waals surface area contributed by atoms with Crippen LogP contribution in [0.2, 0.25) is 0 Å². The number of para-hydroxylation sites is 1. The monoisotopic (exact) mass is 421 g/mol. The number of carbonyl (C=O) groups excluding carboxylic acids is 1. The molecule has 162 valence electrons. The number of benzene rings is 2. The zero-order chi connectivity index (χ0) is 21.8. The van der Waals surface area contributed by atoms with E-state index in [-0.39, 0.29) is 5.91 Å². The second-order valence-electron chi connectivity index (χ2n) is 8.48. The van der Waals surface area contributed by atoms with E-state index in [0.717, 1.165) is 52.3 Å². The van der Waals surface area contributed by atoms with Crippen LogP contribution in [-0.4, -0.2) is 54.8 Å². The lowest BCUT2D eigenvalue weighted by atomic mass is 9.84. The highest BCUT2D eigenvalue weighted by atomic mass is 16.6. The van der Waals surface area contributed by atoms with E-state index in [1.807, 2.05) is 31.2 Å². The molecule has 7 nitrogen and oxygen atoms in total. The van der Waals surface area contributed by atoms with E-state index in [2.05, 4.69) is 10.6 Å². The number of amides is 1. The molecule has 2 aromatic carbocycles. The predicted octanol–water partition coefficient (Wildman–Crippen LogP) is 3.31. The smallest absolute Gasteiger partial charge is 0.253 e. The van der Waals surface area contributed by atoms with E-state index in [4.69, 9.17) is 19.2 Å². The lowest BCUT2D eigenvalue weighted by Crippen LogP contribution is -2.39. The van der Waals surface area contributed by atoms with E-state index in [0.29, 0.717) is 25.3 Å². The molecular formula is C24H27N3O4. The van der Waals surface area contributed by atoms with Crippen molar-refractivity contribution in [3.8, 4) is 11.5 Å². The Kier molecular flexibility index (Phi) is 4.66. The summed E-state index contributed by atoms with van der Waals surface area (Å²) in [5.41, 5.74) is 3.80. The first-order valence-corrected chi connectivity index (χ1v) is 10.6. The minimum Gasteiger partial charge on any atom is -0.489 e. The molecule has 2 aliphatic rings. The van der Waals surface area contributed by atoms with Gasteiger partial charge in [0, 0.05) is 44.4 Å². The lowest BCUT2D eigenvalue weighted by molar-refractivity contribution is 0.0236. The van der Waals surface area contributed by atoms with Gasteiger partial charge in [-0.05, 0) is 31.9 Å². The normalized spacial score (nSPS) is 19.1. The molecule has 1 spiro atoms. The van der Waals surface area contributed by atoms with Gasteiger partial charge in [-0.2, -0.15) is 0 Å². The second kappa shape index (κ2) is 7.27. The number of nitrogens with zero attached hydrogens (tertiary/aromatic N) is 3. The molecular weight excluding hydrogens is 394 g/mol. The van der Waals surface area contributed by atoms with Gasteiger partial charge in [0.15, 0.2) is 11.4 Å². The Bertz CT molecular complexity index is 1180. The van der Waals surface area contributed by atoms with Gasteiger partial charge in [0.1, 0.15) is 23.7 Å². The van der Waals surface area contributed by atoms with Gasteiger partial charge in [-0.3, -0.25) is 4.79 Å². The largest absolute Gasteiger partial charge is 0.489 e. The molecule has 3 aromatic rings. The predicted molar refractivity (Wildman–Crippen MR) is 117 cm³/mol. The van der Waals surface area contributed by atoms with E-state index >= 15 is 0 Å². The lowest BCUT2D eigenvalue weighted by Gasteiger charge is -2.36. The molecule has 1 atom stereocenters. The van der Waals surface area contributed by atoms with Gasteiger partial charge in [-0.15, -0.1) is 0 Å². The number of aromatic nitrogens is 2. The molecule has 0 aliphatic carbocycles. The van der Waals surface area contributed by atoms with Crippen LogP contribution in [0.3, 0.4) is 0 Å². The maximum Gasteiger partial charge on any atom is 0.253 e. The van der Waals surface area contributed by atoms with Crippen molar-refractivity contribution in [3.05, 3.63) is 52.8 Å². The number of aryl methyl sites for hydroxylation is 1. The molecule has 7 heteroatoms. The molecule has 0 fully saturated rings. The van der Waals surface area contributed by atoms with Crippen molar-refractivity contribution in [2.45, 2.75) is 31.9 Å². The topological polar surface area (TPSA) is 65.8 Å². The highest BCUT2D eigenvalue weighted by Gasteiger charge is 2.47. The summed E-state index contributed by atoms with van der Waals surface area (Å²) in [7, 11) is 5.23. The number of carbonyl (C=O) groups is 1. The van der Waals surface area contributed by atoms with Crippen LogP contribution in [0.25, 0.3) is 11.0 Å². The zero-order valence-electron chi connectivity index (χ0n) is 18.4. The number of ether oxygens (including phenoxy) is 3. The Hall–Kier alpha value is -3.06. The molecule has 0 saturated heterocycles. The van der Waals surface area contributed by atoms with Crippen molar-refractivity contribution in [1.82, 2.24) is 14.5 Å². The molecule has 0 saturated carbocycles. The van der Waals surface area contributed by atoms with Gasteiger partial charge in [-0.1, -0.05) is 18.2 Å². The number of hydrogen-bond donors (Lipinski definition) is 0. The van der Waals surface area contributed by atoms with Gasteiger partial charge in [0.25, 0.3) is 5.91 Å². The standard InChI is InChI=1S/C24H27N3O4/c1-15-25-19-13-17(23(28)26(2)3)16-9-10-24(14-30-20-8-6-5-7-18(20)24)31-22(16)21(19)27(15)11-12-29-4/h5-8,13H,9-12,14H2,1-4H3. The molecule has 2 aliphatic heterocycles. The van der Waals surface area contributed by atoms with Crippen molar-refractivity contribution >= 4 is 16.9 Å². The minimum absolute atomic E-state index is 0.0372. The molecule has 1 unspecified atom stereocenters. The third kappa shape index (κ3) is 2.98. The SMILES string of the molecule is COCCn1c(C)nc2cc(C(=O)N(C)C)c3c(c21)OC1(CC3)COc2ccccc21. The van der Waals surface area contributed by atoms with Crippen LogP contribution < -0.4 is 9.47 Å². The molecule has 1 amide bonds. The average molecular weight is 421 g/mol. The summed E-state index contributed by atoms with van der Waals surface area (Å²) in [6.45, 7) is 3.67. The number of fused-ring (bicyclic) bond motifs is 5. The van der Waals surface area contributed by atoms with Crippen LogP contribution >= 0.6 is 0 Å². The number of rotatable bonds is 4. The maximum absolute atomic E-state index is 13.0. The fourth-order valence-electron chi connectivity index (χ4n) is 4.77. The Morgan fingerprint density at radius 1 is 1.32 bits per heavy atom. The summed E-state index contributed by atoms with van der Waals surface area (Å²) >= 11 is 0. The van der Waals surface area contributed by atoms with Crippen LogP contribution in [0, 0.1) is 6.92 Å². The highest BCUT2D eigenvalue weighted by molar-refractivity contribution is 6.01. The highest BCUT2D eigenvalue weighted by Crippen LogP contribution is 2.49. The van der Waals surface area contributed by atoms with Crippen molar-refractivity contribution < 1.29 is 19.0 Å². The van der Waals surface area contributed by atoms with Gasteiger partial charge < -0.3 is 23.7 Å². The molecule has 5 rings (SSSR count). The Morgan fingerprint density at radius 2 is 2.13 bits per heavy atom. The van der Waals surface area contributed by atoms with Crippen LogP contribution in [0.4, 0.5) is 0 Å². The van der Waals surface area contributed by atoms with Gasteiger partial charge in [0.05, 0.1) is 12.1 Å². The van der Waals surface area contributed by atoms with Crippen molar-refractivity contribution in [3.63, 3.8) is 0 Å². The van der Waals surface area contributed by atoms with Crippen molar-refractivity contribution in [2.24, 2.45) is 0 Å². The van der Waals surface area contributed by atoms with E-state index in [1.165, 1.54) is 0 Å². The Morgan fingerprint density at radius 3 is 2.90 bits per heavy atom. The molecule has 0 radical (unpaired) electrons. The first-order valence-electron chi connectivity index (χ1n) is 10.6. The Labute approximate surface area is 181 Å². The Balaban J connectivity index is 1.73. The summed E-state index contributed by atoms with van der Waals surface area (Å²) in [5, 5.41) is 0. The second-order valence-corrected chi connectivity index (χ2v) is 8.48. The molecule has 1 aromatic heterocycles.